The van der Waals surface area contributed by atoms with Gasteiger partial charge in [0.15, 0.2) is 0 Å². The summed E-state index contributed by atoms with van der Waals surface area (Å²) in [6, 6.07) is 5.51. The molecule has 100 valence electrons. The average Bonchev–Trinajstić information content (AvgIpc) is 2.89. The lowest BCUT2D eigenvalue weighted by molar-refractivity contribution is 0.460. The lowest BCUT2D eigenvalue weighted by atomic mass is 10.1. The molecule has 5 heteroatoms. The monoisotopic (exact) mass is 259 g/mol. The maximum absolute atomic E-state index is 12.4. The predicted octanol–water partition coefficient (Wildman–Crippen LogP) is 0.608. The minimum atomic E-state index is -0.307. The van der Waals surface area contributed by atoms with Gasteiger partial charge in [0.1, 0.15) is 0 Å². The minimum Gasteiger partial charge on any atom is -0.316 e. The van der Waals surface area contributed by atoms with E-state index in [4.69, 9.17) is 0 Å². The number of nitrogens with one attached hydrogen (secondary N) is 2. The van der Waals surface area contributed by atoms with E-state index in [0.717, 1.165) is 25.1 Å². The van der Waals surface area contributed by atoms with E-state index < -0.39 is 0 Å². The molecule has 0 radical (unpaired) electrons. The number of fused-ring (bicyclic) bond motifs is 1. The minimum absolute atomic E-state index is 0.186. The van der Waals surface area contributed by atoms with E-state index in [1.54, 1.807) is 6.07 Å². The van der Waals surface area contributed by atoms with Gasteiger partial charge in [-0.1, -0.05) is 12.1 Å². The summed E-state index contributed by atoms with van der Waals surface area (Å²) in [5.41, 5.74) is 1.08. The zero-order valence-electron chi connectivity index (χ0n) is 10.9. The molecule has 1 unspecified atom stereocenters. The maximum Gasteiger partial charge on any atom is 0.328 e. The van der Waals surface area contributed by atoms with Crippen LogP contribution in [0.15, 0.2) is 27.8 Å². The fraction of sp³-hybridized carbons (Fsp3) is 0.429. The van der Waals surface area contributed by atoms with E-state index in [0.29, 0.717) is 23.4 Å². The number of para-hydroxylation sites is 1. The van der Waals surface area contributed by atoms with Crippen molar-refractivity contribution >= 4 is 10.9 Å². The van der Waals surface area contributed by atoms with Crippen LogP contribution in [-0.4, -0.2) is 22.6 Å². The van der Waals surface area contributed by atoms with Crippen LogP contribution < -0.4 is 16.6 Å². The van der Waals surface area contributed by atoms with E-state index in [1.165, 1.54) is 4.57 Å². The summed E-state index contributed by atoms with van der Waals surface area (Å²) >= 11 is 0. The molecule has 2 heterocycles. The van der Waals surface area contributed by atoms with Gasteiger partial charge in [0.2, 0.25) is 0 Å². The largest absolute Gasteiger partial charge is 0.328 e. The molecule has 5 nitrogen and oxygen atoms in total. The van der Waals surface area contributed by atoms with Crippen LogP contribution in [0.2, 0.25) is 0 Å². The summed E-state index contributed by atoms with van der Waals surface area (Å²) in [7, 11) is 0. The van der Waals surface area contributed by atoms with Crippen LogP contribution in [0.3, 0.4) is 0 Å². The Bertz CT molecular complexity index is 724. The van der Waals surface area contributed by atoms with Crippen molar-refractivity contribution in [3.63, 3.8) is 0 Å². The van der Waals surface area contributed by atoms with Crippen LogP contribution in [0.25, 0.3) is 10.9 Å². The lowest BCUT2D eigenvalue weighted by Crippen LogP contribution is -2.37. The number of benzene rings is 1. The Hall–Kier alpha value is -1.88. The van der Waals surface area contributed by atoms with Crippen LogP contribution >= 0.6 is 0 Å². The molecular formula is C14H17N3O2. The Balaban J connectivity index is 2.15. The first-order valence-corrected chi connectivity index (χ1v) is 6.60. The van der Waals surface area contributed by atoms with Crippen molar-refractivity contribution in [2.24, 2.45) is 5.92 Å². The number of aryl methyl sites for hydroxylation is 1. The van der Waals surface area contributed by atoms with Gasteiger partial charge in [-0.2, -0.15) is 0 Å². The van der Waals surface area contributed by atoms with Gasteiger partial charge in [-0.25, -0.2) is 4.79 Å². The Morgan fingerprint density at radius 3 is 2.95 bits per heavy atom. The molecule has 0 spiro atoms. The molecule has 0 amide bonds. The normalized spacial score (nSPS) is 19.1. The van der Waals surface area contributed by atoms with E-state index in [1.807, 2.05) is 19.1 Å². The van der Waals surface area contributed by atoms with Crippen molar-refractivity contribution in [1.82, 2.24) is 14.9 Å². The summed E-state index contributed by atoms with van der Waals surface area (Å²) in [5, 5.41) is 3.84. The number of aromatic nitrogens is 2. The predicted molar refractivity (Wildman–Crippen MR) is 74.5 cm³/mol. The van der Waals surface area contributed by atoms with Crippen molar-refractivity contribution in [3.8, 4) is 0 Å². The Kier molecular flexibility index (Phi) is 2.98. The van der Waals surface area contributed by atoms with Crippen LogP contribution in [-0.2, 0) is 6.54 Å². The molecule has 1 fully saturated rings. The summed E-state index contributed by atoms with van der Waals surface area (Å²) in [6.45, 7) is 4.22. The van der Waals surface area contributed by atoms with Gasteiger partial charge in [-0.15, -0.1) is 0 Å². The smallest absolute Gasteiger partial charge is 0.316 e. The highest BCUT2D eigenvalue weighted by Crippen LogP contribution is 2.12. The zero-order valence-corrected chi connectivity index (χ0v) is 10.9. The first-order chi connectivity index (χ1) is 9.16. The van der Waals surface area contributed by atoms with Gasteiger partial charge < -0.3 is 10.3 Å². The number of rotatable bonds is 2. The topological polar surface area (TPSA) is 66.9 Å². The Morgan fingerprint density at radius 1 is 1.37 bits per heavy atom. The van der Waals surface area contributed by atoms with Crippen molar-refractivity contribution in [3.05, 3.63) is 44.6 Å². The number of hydrogen-bond acceptors (Lipinski definition) is 3. The maximum atomic E-state index is 12.4. The average molecular weight is 259 g/mol. The van der Waals surface area contributed by atoms with Crippen molar-refractivity contribution in [2.75, 3.05) is 13.1 Å². The van der Waals surface area contributed by atoms with Gasteiger partial charge in [-0.3, -0.25) is 9.36 Å². The number of nitrogens with zero attached hydrogens (tertiary/aromatic N) is 1. The van der Waals surface area contributed by atoms with Crippen molar-refractivity contribution in [2.45, 2.75) is 19.9 Å². The molecule has 2 aromatic rings. The fourth-order valence-electron chi connectivity index (χ4n) is 2.72. The molecule has 0 aliphatic carbocycles. The van der Waals surface area contributed by atoms with Crippen LogP contribution in [0.1, 0.15) is 12.0 Å². The molecule has 0 saturated carbocycles. The second kappa shape index (κ2) is 4.66. The number of aromatic amines is 1. The molecule has 1 aliphatic heterocycles. The Morgan fingerprint density at radius 2 is 2.21 bits per heavy atom. The van der Waals surface area contributed by atoms with E-state index >= 15 is 0 Å². The molecule has 1 saturated heterocycles. The zero-order chi connectivity index (χ0) is 13.4. The quantitative estimate of drug-likeness (QED) is 0.830. The molecule has 19 heavy (non-hydrogen) atoms. The van der Waals surface area contributed by atoms with Gasteiger partial charge >= 0.3 is 5.69 Å². The van der Waals surface area contributed by atoms with E-state index in [-0.39, 0.29) is 11.2 Å². The molecule has 1 atom stereocenters. The summed E-state index contributed by atoms with van der Waals surface area (Å²) in [5.74, 6) is 0.362. The first kappa shape index (κ1) is 12.2. The summed E-state index contributed by atoms with van der Waals surface area (Å²) in [4.78, 5) is 27.3. The summed E-state index contributed by atoms with van der Waals surface area (Å²) in [6.07, 6.45) is 1.01. The van der Waals surface area contributed by atoms with Crippen LogP contribution in [0, 0.1) is 12.8 Å². The highest BCUT2D eigenvalue weighted by molar-refractivity contribution is 5.80. The summed E-state index contributed by atoms with van der Waals surface area (Å²) < 4.78 is 1.33. The highest BCUT2D eigenvalue weighted by Gasteiger charge is 2.18. The van der Waals surface area contributed by atoms with Crippen LogP contribution in [0.5, 0.6) is 0 Å². The SMILES string of the molecule is Cc1cccc2c(=O)n(CC3CCNC3)c(=O)[nH]c12. The highest BCUT2D eigenvalue weighted by atomic mass is 16.2. The Labute approximate surface area is 110 Å². The van der Waals surface area contributed by atoms with Gasteiger partial charge in [0.05, 0.1) is 10.9 Å². The molecule has 1 aromatic carbocycles. The number of hydrogen-bond donors (Lipinski definition) is 2. The third-order valence-corrected chi connectivity index (χ3v) is 3.83. The van der Waals surface area contributed by atoms with Crippen LogP contribution in [0.4, 0.5) is 0 Å². The number of H-pyrrole nitrogens is 1. The molecule has 1 aliphatic rings. The third kappa shape index (κ3) is 2.10. The molecular weight excluding hydrogens is 242 g/mol. The second-order valence-electron chi connectivity index (χ2n) is 5.20. The third-order valence-electron chi connectivity index (χ3n) is 3.83. The van der Waals surface area contributed by atoms with Crippen molar-refractivity contribution in [1.29, 1.82) is 0 Å². The second-order valence-corrected chi connectivity index (χ2v) is 5.20. The van der Waals surface area contributed by atoms with E-state index in [9.17, 15) is 9.59 Å². The first-order valence-electron chi connectivity index (χ1n) is 6.60. The molecule has 0 bridgehead atoms. The molecule has 1 aromatic heterocycles. The molecule has 2 N–H and O–H groups in total. The lowest BCUT2D eigenvalue weighted by Gasteiger charge is -2.11. The van der Waals surface area contributed by atoms with Gasteiger partial charge in [0, 0.05) is 6.54 Å². The van der Waals surface area contributed by atoms with Gasteiger partial charge in [0.25, 0.3) is 5.56 Å². The van der Waals surface area contributed by atoms with Gasteiger partial charge in [-0.05, 0) is 44.0 Å². The standard InChI is InChI=1S/C14H17N3O2/c1-9-3-2-4-11-12(9)16-14(19)17(13(11)18)8-10-5-6-15-7-10/h2-4,10,15H,5-8H2,1H3,(H,16,19). The fourth-order valence-corrected chi connectivity index (χ4v) is 2.72. The van der Waals surface area contributed by atoms with E-state index in [2.05, 4.69) is 10.3 Å². The molecule has 3 rings (SSSR count). The van der Waals surface area contributed by atoms with Crippen molar-refractivity contribution < 1.29 is 0 Å².